The van der Waals surface area contributed by atoms with Crippen LogP contribution in [-0.4, -0.2) is 17.4 Å². The average molecular weight is 297 g/mol. The molecule has 2 aromatic rings. The van der Waals surface area contributed by atoms with Gasteiger partial charge in [0.2, 0.25) is 0 Å². The molecule has 1 amide bonds. The van der Waals surface area contributed by atoms with E-state index in [0.29, 0.717) is 17.2 Å². The van der Waals surface area contributed by atoms with E-state index < -0.39 is 0 Å². The van der Waals surface area contributed by atoms with Gasteiger partial charge in [0.25, 0.3) is 5.91 Å². The van der Waals surface area contributed by atoms with Crippen molar-refractivity contribution in [3.05, 3.63) is 53.7 Å². The number of hydrogen-bond acceptors (Lipinski definition) is 3. The number of nitrogens with zero attached hydrogens (tertiary/aromatic N) is 1. The minimum Gasteiger partial charge on any atom is -0.370 e. The summed E-state index contributed by atoms with van der Waals surface area (Å²) in [7, 11) is 0. The molecule has 22 heavy (non-hydrogen) atoms. The molecule has 0 saturated carbocycles. The quantitative estimate of drug-likeness (QED) is 0.844. The SMILES string of the molecule is Cc1ccccc1C(=O)Nc1ccc(NCCC(C)C)nc1. The van der Waals surface area contributed by atoms with Gasteiger partial charge in [-0.05, 0) is 43.0 Å². The summed E-state index contributed by atoms with van der Waals surface area (Å²) in [6.07, 6.45) is 2.78. The first-order chi connectivity index (χ1) is 10.6. The van der Waals surface area contributed by atoms with Crippen LogP contribution in [0, 0.1) is 12.8 Å². The number of benzene rings is 1. The van der Waals surface area contributed by atoms with Crippen LogP contribution in [0.2, 0.25) is 0 Å². The molecule has 116 valence electrons. The van der Waals surface area contributed by atoms with Crippen LogP contribution in [0.1, 0.15) is 36.2 Å². The fourth-order valence-corrected chi connectivity index (χ4v) is 2.09. The molecule has 0 aliphatic carbocycles. The van der Waals surface area contributed by atoms with Crippen LogP contribution >= 0.6 is 0 Å². The second-order valence-electron chi connectivity index (χ2n) is 5.81. The lowest BCUT2D eigenvalue weighted by Gasteiger charge is -2.09. The molecule has 2 rings (SSSR count). The largest absolute Gasteiger partial charge is 0.370 e. The van der Waals surface area contributed by atoms with Crippen LogP contribution in [0.5, 0.6) is 0 Å². The van der Waals surface area contributed by atoms with Crippen LogP contribution in [0.25, 0.3) is 0 Å². The van der Waals surface area contributed by atoms with Gasteiger partial charge in [0.15, 0.2) is 0 Å². The average Bonchev–Trinajstić information content (AvgIpc) is 2.49. The number of amides is 1. The predicted molar refractivity (Wildman–Crippen MR) is 91.3 cm³/mol. The smallest absolute Gasteiger partial charge is 0.255 e. The van der Waals surface area contributed by atoms with Gasteiger partial charge in [-0.3, -0.25) is 4.79 Å². The maximum Gasteiger partial charge on any atom is 0.255 e. The van der Waals surface area contributed by atoms with Gasteiger partial charge in [-0.2, -0.15) is 0 Å². The Morgan fingerprint density at radius 2 is 1.95 bits per heavy atom. The van der Waals surface area contributed by atoms with Crippen molar-refractivity contribution in [2.24, 2.45) is 5.92 Å². The van der Waals surface area contributed by atoms with Gasteiger partial charge in [0.05, 0.1) is 11.9 Å². The zero-order valence-electron chi connectivity index (χ0n) is 13.4. The number of aryl methyl sites for hydroxylation is 1. The van der Waals surface area contributed by atoms with Gasteiger partial charge < -0.3 is 10.6 Å². The first kappa shape index (κ1) is 16.0. The van der Waals surface area contributed by atoms with E-state index in [9.17, 15) is 4.79 Å². The van der Waals surface area contributed by atoms with E-state index in [1.807, 2.05) is 43.3 Å². The molecule has 2 N–H and O–H groups in total. The van der Waals surface area contributed by atoms with Gasteiger partial charge in [0, 0.05) is 12.1 Å². The molecule has 0 radical (unpaired) electrons. The Kier molecular flexibility index (Phi) is 5.53. The molecule has 4 heteroatoms. The summed E-state index contributed by atoms with van der Waals surface area (Å²) in [6.45, 7) is 7.22. The number of anilines is 2. The molecule has 1 heterocycles. The van der Waals surface area contributed by atoms with Crippen molar-refractivity contribution in [2.75, 3.05) is 17.2 Å². The fraction of sp³-hybridized carbons (Fsp3) is 0.333. The molecule has 1 aromatic carbocycles. The normalized spacial score (nSPS) is 10.5. The maximum absolute atomic E-state index is 12.2. The van der Waals surface area contributed by atoms with Crippen molar-refractivity contribution < 1.29 is 4.79 Å². The highest BCUT2D eigenvalue weighted by Gasteiger charge is 2.08. The van der Waals surface area contributed by atoms with Crippen molar-refractivity contribution in [1.82, 2.24) is 4.98 Å². The number of nitrogens with one attached hydrogen (secondary N) is 2. The number of pyridine rings is 1. The lowest BCUT2D eigenvalue weighted by molar-refractivity contribution is 0.102. The van der Waals surface area contributed by atoms with Crippen LogP contribution in [0.4, 0.5) is 11.5 Å². The number of aromatic nitrogens is 1. The molecular weight excluding hydrogens is 274 g/mol. The van der Waals surface area contributed by atoms with Crippen LogP contribution < -0.4 is 10.6 Å². The topological polar surface area (TPSA) is 54.0 Å². The highest BCUT2D eigenvalue weighted by molar-refractivity contribution is 6.05. The zero-order chi connectivity index (χ0) is 15.9. The van der Waals surface area contributed by atoms with E-state index in [4.69, 9.17) is 0 Å². The summed E-state index contributed by atoms with van der Waals surface area (Å²) < 4.78 is 0. The van der Waals surface area contributed by atoms with Crippen molar-refractivity contribution in [3.8, 4) is 0 Å². The van der Waals surface area contributed by atoms with Gasteiger partial charge in [-0.25, -0.2) is 4.98 Å². The molecule has 0 fully saturated rings. The number of rotatable bonds is 6. The van der Waals surface area contributed by atoms with Crippen molar-refractivity contribution in [2.45, 2.75) is 27.2 Å². The summed E-state index contributed by atoms with van der Waals surface area (Å²) in [6, 6.07) is 11.3. The third-order valence-corrected chi connectivity index (χ3v) is 3.44. The highest BCUT2D eigenvalue weighted by atomic mass is 16.1. The van der Waals surface area contributed by atoms with Crippen LogP contribution in [0.15, 0.2) is 42.6 Å². The van der Waals surface area contributed by atoms with Crippen LogP contribution in [-0.2, 0) is 0 Å². The Bertz CT molecular complexity index is 620. The Morgan fingerprint density at radius 1 is 1.18 bits per heavy atom. The Hall–Kier alpha value is -2.36. The summed E-state index contributed by atoms with van der Waals surface area (Å²) in [4.78, 5) is 16.5. The standard InChI is InChI=1S/C18H23N3O/c1-13(2)10-11-19-17-9-8-15(12-20-17)21-18(22)16-7-5-4-6-14(16)3/h4-9,12-13H,10-11H2,1-3H3,(H,19,20)(H,21,22). The minimum absolute atomic E-state index is 0.111. The van der Waals surface area contributed by atoms with E-state index in [-0.39, 0.29) is 5.91 Å². The summed E-state index contributed by atoms with van der Waals surface area (Å²) >= 11 is 0. The summed E-state index contributed by atoms with van der Waals surface area (Å²) in [5, 5.41) is 6.14. The Morgan fingerprint density at radius 3 is 2.59 bits per heavy atom. The Balaban J connectivity index is 1.94. The van der Waals surface area contributed by atoms with E-state index in [2.05, 4.69) is 29.5 Å². The molecule has 0 aliphatic heterocycles. The first-order valence-corrected chi connectivity index (χ1v) is 7.63. The molecule has 0 atom stereocenters. The zero-order valence-corrected chi connectivity index (χ0v) is 13.4. The molecule has 1 aromatic heterocycles. The summed E-state index contributed by atoms with van der Waals surface area (Å²) in [5.41, 5.74) is 2.34. The number of carbonyl (C=O) groups excluding carboxylic acids is 1. The van der Waals surface area contributed by atoms with Gasteiger partial charge in [-0.15, -0.1) is 0 Å². The third-order valence-electron chi connectivity index (χ3n) is 3.44. The van der Waals surface area contributed by atoms with E-state index in [1.54, 1.807) is 6.20 Å². The van der Waals surface area contributed by atoms with Crippen molar-refractivity contribution >= 4 is 17.4 Å². The first-order valence-electron chi connectivity index (χ1n) is 7.63. The van der Waals surface area contributed by atoms with Gasteiger partial charge >= 0.3 is 0 Å². The van der Waals surface area contributed by atoms with E-state index >= 15 is 0 Å². The van der Waals surface area contributed by atoms with Crippen molar-refractivity contribution in [1.29, 1.82) is 0 Å². The molecule has 4 nitrogen and oxygen atoms in total. The lowest BCUT2D eigenvalue weighted by atomic mass is 10.1. The Labute approximate surface area is 132 Å². The fourth-order valence-electron chi connectivity index (χ4n) is 2.09. The predicted octanol–water partition coefficient (Wildman–Crippen LogP) is 4.10. The number of carbonyl (C=O) groups is 1. The maximum atomic E-state index is 12.2. The highest BCUT2D eigenvalue weighted by Crippen LogP contribution is 2.13. The van der Waals surface area contributed by atoms with Gasteiger partial charge in [-0.1, -0.05) is 32.0 Å². The molecule has 0 aliphatic rings. The van der Waals surface area contributed by atoms with Gasteiger partial charge in [0.1, 0.15) is 5.82 Å². The van der Waals surface area contributed by atoms with Crippen LogP contribution in [0.3, 0.4) is 0 Å². The van der Waals surface area contributed by atoms with Crippen molar-refractivity contribution in [3.63, 3.8) is 0 Å². The molecular formula is C18H23N3O. The third kappa shape index (κ3) is 4.58. The second kappa shape index (κ2) is 7.59. The summed E-state index contributed by atoms with van der Waals surface area (Å²) in [5.74, 6) is 1.38. The second-order valence-corrected chi connectivity index (χ2v) is 5.81. The molecule has 0 bridgehead atoms. The van der Waals surface area contributed by atoms with E-state index in [1.165, 1.54) is 0 Å². The lowest BCUT2D eigenvalue weighted by Crippen LogP contribution is -2.13. The van der Waals surface area contributed by atoms with E-state index in [0.717, 1.165) is 24.3 Å². The number of hydrogen-bond donors (Lipinski definition) is 2. The molecule has 0 saturated heterocycles. The molecule has 0 spiro atoms. The molecule has 0 unspecified atom stereocenters. The minimum atomic E-state index is -0.111. The monoisotopic (exact) mass is 297 g/mol.